The number of hydrogen-bond acceptors (Lipinski definition) is 3. The largest absolute Gasteiger partial charge is 0.377 e. The molecule has 1 saturated heterocycles. The van der Waals surface area contributed by atoms with Crippen molar-refractivity contribution in [3.05, 3.63) is 35.4 Å². The Morgan fingerprint density at radius 1 is 1.33 bits per heavy atom. The maximum Gasteiger partial charge on any atom is 0.0702 e. The van der Waals surface area contributed by atoms with E-state index in [4.69, 9.17) is 4.74 Å². The number of aryl methyl sites for hydroxylation is 1. The second-order valence-electron chi connectivity index (χ2n) is 6.29. The molecule has 1 fully saturated rings. The third-order valence-electron chi connectivity index (χ3n) is 4.49. The highest BCUT2D eigenvalue weighted by atomic mass is 16.5. The molecule has 3 nitrogen and oxygen atoms in total. The zero-order valence-electron chi connectivity index (χ0n) is 13.9. The number of hydrogen-bond donors (Lipinski definition) is 1. The molecule has 1 aromatic rings. The second-order valence-corrected chi connectivity index (χ2v) is 6.29. The van der Waals surface area contributed by atoms with Gasteiger partial charge in [0.15, 0.2) is 0 Å². The third-order valence-corrected chi connectivity index (χ3v) is 4.49. The molecule has 0 bridgehead atoms. The molecule has 0 aromatic heterocycles. The molecule has 2 rings (SSSR count). The number of nitrogens with zero attached hydrogens (tertiary/aromatic N) is 1. The van der Waals surface area contributed by atoms with Crippen LogP contribution in [0.25, 0.3) is 0 Å². The Morgan fingerprint density at radius 3 is 2.62 bits per heavy atom. The summed E-state index contributed by atoms with van der Waals surface area (Å²) in [6.45, 7) is 9.53. The maximum absolute atomic E-state index is 5.71. The van der Waals surface area contributed by atoms with Crippen LogP contribution in [-0.2, 0) is 4.74 Å². The highest BCUT2D eigenvalue weighted by Gasteiger charge is 2.29. The highest BCUT2D eigenvalue weighted by Crippen LogP contribution is 2.22. The minimum absolute atomic E-state index is 0.347. The van der Waals surface area contributed by atoms with Crippen molar-refractivity contribution < 1.29 is 4.74 Å². The molecule has 1 aromatic carbocycles. The molecule has 3 heteroatoms. The number of nitrogens with one attached hydrogen (secondary N) is 1. The van der Waals surface area contributed by atoms with Gasteiger partial charge in [0.2, 0.25) is 0 Å². The number of benzene rings is 1. The SMILES string of the molecule is CCCNC(CN(C)C1CCOC1C)c1ccc(C)cc1. The minimum atomic E-state index is 0.347. The van der Waals surface area contributed by atoms with E-state index in [1.165, 1.54) is 11.1 Å². The molecule has 3 atom stereocenters. The van der Waals surface area contributed by atoms with E-state index in [0.29, 0.717) is 18.2 Å². The molecule has 1 heterocycles. The van der Waals surface area contributed by atoms with Crippen molar-refractivity contribution in [2.75, 3.05) is 26.7 Å². The molecular formula is C18H30N2O. The van der Waals surface area contributed by atoms with Crippen molar-refractivity contribution in [3.63, 3.8) is 0 Å². The smallest absolute Gasteiger partial charge is 0.0702 e. The van der Waals surface area contributed by atoms with Gasteiger partial charge >= 0.3 is 0 Å². The quantitative estimate of drug-likeness (QED) is 0.835. The van der Waals surface area contributed by atoms with Crippen molar-refractivity contribution in [1.29, 1.82) is 0 Å². The average molecular weight is 290 g/mol. The first-order chi connectivity index (χ1) is 10.1. The van der Waals surface area contributed by atoms with Crippen LogP contribution in [-0.4, -0.2) is 43.8 Å². The van der Waals surface area contributed by atoms with Gasteiger partial charge in [-0.15, -0.1) is 0 Å². The number of likely N-dealkylation sites (N-methyl/N-ethyl adjacent to an activating group) is 1. The summed E-state index contributed by atoms with van der Waals surface area (Å²) < 4.78 is 5.71. The van der Waals surface area contributed by atoms with Gasteiger partial charge in [0.05, 0.1) is 6.10 Å². The van der Waals surface area contributed by atoms with Crippen molar-refractivity contribution in [2.24, 2.45) is 0 Å². The number of ether oxygens (including phenoxy) is 1. The van der Waals surface area contributed by atoms with E-state index in [9.17, 15) is 0 Å². The first-order valence-corrected chi connectivity index (χ1v) is 8.23. The molecule has 21 heavy (non-hydrogen) atoms. The lowest BCUT2D eigenvalue weighted by Crippen LogP contribution is -2.42. The summed E-state index contributed by atoms with van der Waals surface area (Å²) in [6.07, 6.45) is 2.65. The Morgan fingerprint density at radius 2 is 2.05 bits per heavy atom. The summed E-state index contributed by atoms with van der Waals surface area (Å²) in [7, 11) is 2.23. The zero-order valence-corrected chi connectivity index (χ0v) is 13.9. The van der Waals surface area contributed by atoms with Crippen LogP contribution >= 0.6 is 0 Å². The third kappa shape index (κ3) is 4.53. The number of rotatable bonds is 7. The van der Waals surface area contributed by atoms with E-state index in [2.05, 4.69) is 62.3 Å². The summed E-state index contributed by atoms with van der Waals surface area (Å²) in [5.74, 6) is 0. The van der Waals surface area contributed by atoms with Crippen molar-refractivity contribution in [2.45, 2.75) is 51.8 Å². The molecule has 0 radical (unpaired) electrons. The van der Waals surface area contributed by atoms with Crippen LogP contribution in [0.5, 0.6) is 0 Å². The van der Waals surface area contributed by atoms with Gasteiger partial charge in [-0.3, -0.25) is 4.90 Å². The van der Waals surface area contributed by atoms with Gasteiger partial charge in [0.1, 0.15) is 0 Å². The summed E-state index contributed by atoms with van der Waals surface area (Å²) in [5, 5.41) is 3.69. The minimum Gasteiger partial charge on any atom is -0.377 e. The summed E-state index contributed by atoms with van der Waals surface area (Å²) >= 11 is 0. The Bertz CT molecular complexity index is 418. The molecule has 1 aliphatic heterocycles. The molecule has 3 unspecified atom stereocenters. The van der Waals surface area contributed by atoms with Crippen LogP contribution in [0.4, 0.5) is 0 Å². The Kier molecular flexibility index (Phi) is 6.22. The van der Waals surface area contributed by atoms with E-state index in [0.717, 1.165) is 32.5 Å². The summed E-state index contributed by atoms with van der Waals surface area (Å²) in [5.41, 5.74) is 2.70. The van der Waals surface area contributed by atoms with E-state index in [-0.39, 0.29) is 0 Å². The molecule has 0 saturated carbocycles. The molecule has 0 amide bonds. The van der Waals surface area contributed by atoms with E-state index < -0.39 is 0 Å². The second kappa shape index (κ2) is 7.92. The Balaban J connectivity index is 2.03. The van der Waals surface area contributed by atoms with Crippen LogP contribution in [0.3, 0.4) is 0 Å². The topological polar surface area (TPSA) is 24.5 Å². The van der Waals surface area contributed by atoms with Gasteiger partial charge in [-0.25, -0.2) is 0 Å². The average Bonchev–Trinajstić information content (AvgIpc) is 2.90. The fraction of sp³-hybridized carbons (Fsp3) is 0.667. The highest BCUT2D eigenvalue weighted by molar-refractivity contribution is 5.24. The fourth-order valence-electron chi connectivity index (χ4n) is 3.13. The standard InChI is InChI=1S/C18H30N2O/c1-5-11-19-17(16-8-6-14(2)7-9-16)13-20(4)18-10-12-21-15(18)3/h6-9,15,17-19H,5,10-13H2,1-4H3. The molecule has 0 spiro atoms. The van der Waals surface area contributed by atoms with E-state index >= 15 is 0 Å². The lowest BCUT2D eigenvalue weighted by molar-refractivity contribution is 0.0803. The molecule has 118 valence electrons. The van der Waals surface area contributed by atoms with Crippen molar-refractivity contribution in [3.8, 4) is 0 Å². The van der Waals surface area contributed by atoms with E-state index in [1.807, 2.05) is 0 Å². The summed E-state index contributed by atoms with van der Waals surface area (Å²) in [6, 6.07) is 9.86. The molecular weight excluding hydrogens is 260 g/mol. The van der Waals surface area contributed by atoms with Crippen molar-refractivity contribution in [1.82, 2.24) is 10.2 Å². The van der Waals surface area contributed by atoms with Crippen LogP contribution in [0, 0.1) is 6.92 Å². The van der Waals surface area contributed by atoms with Gasteiger partial charge < -0.3 is 10.1 Å². The fourth-order valence-corrected chi connectivity index (χ4v) is 3.13. The zero-order chi connectivity index (χ0) is 15.2. The lowest BCUT2D eigenvalue weighted by atomic mass is 10.0. The first kappa shape index (κ1) is 16.5. The molecule has 1 aliphatic rings. The monoisotopic (exact) mass is 290 g/mol. The van der Waals surface area contributed by atoms with Gasteiger partial charge in [-0.1, -0.05) is 36.8 Å². The van der Waals surface area contributed by atoms with Gasteiger partial charge in [0, 0.05) is 25.2 Å². The van der Waals surface area contributed by atoms with Crippen LogP contribution in [0.2, 0.25) is 0 Å². The maximum atomic E-state index is 5.71. The van der Waals surface area contributed by atoms with Crippen molar-refractivity contribution >= 4 is 0 Å². The van der Waals surface area contributed by atoms with Gasteiger partial charge in [0.25, 0.3) is 0 Å². The van der Waals surface area contributed by atoms with E-state index in [1.54, 1.807) is 0 Å². The Labute approximate surface area is 129 Å². The lowest BCUT2D eigenvalue weighted by Gasteiger charge is -2.31. The molecule has 1 N–H and O–H groups in total. The van der Waals surface area contributed by atoms with Gasteiger partial charge in [-0.2, -0.15) is 0 Å². The summed E-state index contributed by atoms with van der Waals surface area (Å²) in [4.78, 5) is 2.46. The Hall–Kier alpha value is -0.900. The van der Waals surface area contributed by atoms with Crippen LogP contribution in [0.15, 0.2) is 24.3 Å². The normalized spacial score (nSPS) is 23.7. The van der Waals surface area contributed by atoms with Crippen LogP contribution < -0.4 is 5.32 Å². The first-order valence-electron chi connectivity index (χ1n) is 8.23. The van der Waals surface area contributed by atoms with Crippen LogP contribution in [0.1, 0.15) is 43.9 Å². The predicted molar refractivity (Wildman–Crippen MR) is 88.7 cm³/mol. The molecule has 0 aliphatic carbocycles. The predicted octanol–water partition coefficient (Wildman–Crippen LogP) is 3.14. The van der Waals surface area contributed by atoms with Gasteiger partial charge in [-0.05, 0) is 45.8 Å².